The van der Waals surface area contributed by atoms with Crippen LogP contribution in [0.2, 0.25) is 0 Å². The van der Waals surface area contributed by atoms with Gasteiger partial charge in [-0.1, -0.05) is 19.4 Å². The molecule has 0 atom stereocenters. The van der Waals surface area contributed by atoms with Gasteiger partial charge in [-0.3, -0.25) is 4.72 Å². The standard InChI is InChI=1S/C14H22N2O2S/c1-3-4-10-19(17,18)15-13-8-7-12-6-5-9-16(2)14(12)11-13/h7-8,11,15H,3-6,9-10H2,1-2H3. The molecule has 0 saturated heterocycles. The lowest BCUT2D eigenvalue weighted by atomic mass is 10.0. The Balaban J connectivity index is 2.16. The summed E-state index contributed by atoms with van der Waals surface area (Å²) in [5.74, 6) is 0.191. The first-order valence-electron chi connectivity index (χ1n) is 6.86. The van der Waals surface area contributed by atoms with Crippen LogP contribution >= 0.6 is 0 Å². The summed E-state index contributed by atoms with van der Waals surface area (Å²) in [5, 5.41) is 0. The van der Waals surface area contributed by atoms with Crippen LogP contribution in [0, 0.1) is 0 Å². The summed E-state index contributed by atoms with van der Waals surface area (Å²) in [6, 6.07) is 5.84. The minimum Gasteiger partial charge on any atom is -0.374 e. The smallest absolute Gasteiger partial charge is 0.232 e. The van der Waals surface area contributed by atoms with Crippen LogP contribution in [-0.2, 0) is 16.4 Å². The van der Waals surface area contributed by atoms with E-state index in [1.807, 2.05) is 32.2 Å². The van der Waals surface area contributed by atoms with Crippen molar-refractivity contribution in [3.63, 3.8) is 0 Å². The minimum atomic E-state index is -3.21. The second-order valence-corrected chi connectivity index (χ2v) is 6.98. The van der Waals surface area contributed by atoms with E-state index in [1.54, 1.807) is 0 Å². The summed E-state index contributed by atoms with van der Waals surface area (Å²) in [6.07, 6.45) is 3.81. The molecule has 106 valence electrons. The van der Waals surface area contributed by atoms with E-state index < -0.39 is 10.0 Å². The van der Waals surface area contributed by atoms with Crippen LogP contribution in [0.15, 0.2) is 18.2 Å². The van der Waals surface area contributed by atoms with Gasteiger partial charge in [0.2, 0.25) is 10.0 Å². The highest BCUT2D eigenvalue weighted by Gasteiger charge is 2.15. The fourth-order valence-corrected chi connectivity index (χ4v) is 3.64. The first-order chi connectivity index (χ1) is 9.02. The van der Waals surface area contributed by atoms with Crippen molar-refractivity contribution in [1.82, 2.24) is 0 Å². The average Bonchev–Trinajstić information content (AvgIpc) is 2.37. The molecule has 0 fully saturated rings. The summed E-state index contributed by atoms with van der Waals surface area (Å²) < 4.78 is 26.4. The zero-order valence-corrected chi connectivity index (χ0v) is 12.5. The van der Waals surface area contributed by atoms with Gasteiger partial charge in [0.15, 0.2) is 0 Å². The maximum atomic E-state index is 11.9. The molecule has 2 rings (SSSR count). The molecule has 1 aliphatic rings. The van der Waals surface area contributed by atoms with Gasteiger partial charge >= 0.3 is 0 Å². The monoisotopic (exact) mass is 282 g/mol. The van der Waals surface area contributed by atoms with Gasteiger partial charge in [0.1, 0.15) is 0 Å². The van der Waals surface area contributed by atoms with Gasteiger partial charge in [-0.15, -0.1) is 0 Å². The third-order valence-corrected chi connectivity index (χ3v) is 4.85. The molecule has 0 unspecified atom stereocenters. The lowest BCUT2D eigenvalue weighted by molar-refractivity contribution is 0.598. The first-order valence-corrected chi connectivity index (χ1v) is 8.51. The van der Waals surface area contributed by atoms with Crippen LogP contribution in [-0.4, -0.2) is 27.8 Å². The molecule has 1 aromatic carbocycles. The maximum absolute atomic E-state index is 11.9. The van der Waals surface area contributed by atoms with Crippen molar-refractivity contribution in [2.45, 2.75) is 32.6 Å². The molecule has 4 nitrogen and oxygen atoms in total. The molecule has 1 aliphatic heterocycles. The number of fused-ring (bicyclic) bond motifs is 1. The highest BCUT2D eigenvalue weighted by Crippen LogP contribution is 2.29. The van der Waals surface area contributed by atoms with E-state index in [-0.39, 0.29) is 5.75 Å². The molecule has 0 aliphatic carbocycles. The van der Waals surface area contributed by atoms with Crippen molar-refractivity contribution >= 4 is 21.4 Å². The van der Waals surface area contributed by atoms with Gasteiger partial charge in [-0.25, -0.2) is 8.42 Å². The van der Waals surface area contributed by atoms with E-state index in [4.69, 9.17) is 0 Å². The number of anilines is 2. The molecular weight excluding hydrogens is 260 g/mol. The van der Waals surface area contributed by atoms with Crippen LogP contribution in [0.3, 0.4) is 0 Å². The molecule has 0 saturated carbocycles. The number of benzene rings is 1. The van der Waals surface area contributed by atoms with Gasteiger partial charge in [0, 0.05) is 19.3 Å². The van der Waals surface area contributed by atoms with Gasteiger partial charge in [0.05, 0.1) is 11.4 Å². The molecule has 0 amide bonds. The number of nitrogens with zero attached hydrogens (tertiary/aromatic N) is 1. The van der Waals surface area contributed by atoms with Crippen molar-refractivity contribution in [1.29, 1.82) is 0 Å². The maximum Gasteiger partial charge on any atom is 0.232 e. The summed E-state index contributed by atoms with van der Waals surface area (Å²) in [5.41, 5.74) is 3.11. The molecular formula is C14H22N2O2S. The van der Waals surface area contributed by atoms with Crippen molar-refractivity contribution in [3.05, 3.63) is 23.8 Å². The van der Waals surface area contributed by atoms with E-state index in [0.29, 0.717) is 12.1 Å². The predicted molar refractivity (Wildman–Crippen MR) is 80.4 cm³/mol. The van der Waals surface area contributed by atoms with Crippen molar-refractivity contribution in [2.75, 3.05) is 29.0 Å². The lowest BCUT2D eigenvalue weighted by Crippen LogP contribution is -2.25. The number of sulfonamides is 1. The fraction of sp³-hybridized carbons (Fsp3) is 0.571. The summed E-state index contributed by atoms with van der Waals surface area (Å²) in [7, 11) is -1.16. The number of rotatable bonds is 5. The highest BCUT2D eigenvalue weighted by molar-refractivity contribution is 7.92. The molecule has 1 N–H and O–H groups in total. The van der Waals surface area contributed by atoms with Gasteiger partial charge in [-0.05, 0) is 37.0 Å². The Labute approximate surface area is 115 Å². The first kappa shape index (κ1) is 14.2. The van der Waals surface area contributed by atoms with E-state index in [1.165, 1.54) is 5.56 Å². The normalized spacial score (nSPS) is 15.2. The Morgan fingerprint density at radius 2 is 2.16 bits per heavy atom. The number of hydrogen-bond donors (Lipinski definition) is 1. The Kier molecular flexibility index (Phi) is 4.34. The Morgan fingerprint density at radius 3 is 2.89 bits per heavy atom. The SMILES string of the molecule is CCCCS(=O)(=O)Nc1ccc2c(c1)N(C)CCC2. The molecule has 1 heterocycles. The van der Waals surface area contributed by atoms with E-state index in [2.05, 4.69) is 9.62 Å². The van der Waals surface area contributed by atoms with E-state index in [9.17, 15) is 8.42 Å². The van der Waals surface area contributed by atoms with Crippen molar-refractivity contribution in [2.24, 2.45) is 0 Å². The highest BCUT2D eigenvalue weighted by atomic mass is 32.2. The number of aryl methyl sites for hydroxylation is 1. The predicted octanol–water partition coefficient (Wildman–Crippen LogP) is 2.61. The number of nitrogens with one attached hydrogen (secondary N) is 1. The van der Waals surface area contributed by atoms with Gasteiger partial charge < -0.3 is 4.90 Å². The Hall–Kier alpha value is -1.23. The van der Waals surface area contributed by atoms with Gasteiger partial charge in [-0.2, -0.15) is 0 Å². The topological polar surface area (TPSA) is 49.4 Å². The second-order valence-electron chi connectivity index (χ2n) is 5.14. The van der Waals surface area contributed by atoms with E-state index in [0.717, 1.165) is 31.5 Å². The molecule has 19 heavy (non-hydrogen) atoms. The molecule has 0 aromatic heterocycles. The largest absolute Gasteiger partial charge is 0.374 e. The molecule has 0 radical (unpaired) electrons. The fourth-order valence-electron chi connectivity index (χ4n) is 2.39. The summed E-state index contributed by atoms with van der Waals surface area (Å²) in [4.78, 5) is 2.18. The molecule has 1 aromatic rings. The molecule has 0 spiro atoms. The second kappa shape index (κ2) is 5.82. The average molecular weight is 282 g/mol. The molecule has 0 bridgehead atoms. The van der Waals surface area contributed by atoms with Crippen LogP contribution in [0.5, 0.6) is 0 Å². The van der Waals surface area contributed by atoms with Crippen molar-refractivity contribution in [3.8, 4) is 0 Å². The quantitative estimate of drug-likeness (QED) is 0.903. The van der Waals surface area contributed by atoms with Gasteiger partial charge in [0.25, 0.3) is 0 Å². The van der Waals surface area contributed by atoms with Crippen LogP contribution in [0.1, 0.15) is 31.7 Å². The van der Waals surface area contributed by atoms with Crippen LogP contribution < -0.4 is 9.62 Å². The third kappa shape index (κ3) is 3.62. The number of hydrogen-bond acceptors (Lipinski definition) is 3. The third-order valence-electron chi connectivity index (χ3n) is 3.48. The van der Waals surface area contributed by atoms with Crippen LogP contribution in [0.4, 0.5) is 11.4 Å². The summed E-state index contributed by atoms with van der Waals surface area (Å²) >= 11 is 0. The summed E-state index contributed by atoms with van der Waals surface area (Å²) in [6.45, 7) is 3.02. The zero-order valence-electron chi connectivity index (χ0n) is 11.6. The number of unbranched alkanes of at least 4 members (excludes halogenated alkanes) is 1. The van der Waals surface area contributed by atoms with E-state index >= 15 is 0 Å². The lowest BCUT2D eigenvalue weighted by Gasteiger charge is -2.28. The molecule has 5 heteroatoms. The Bertz CT molecular complexity index is 540. The Morgan fingerprint density at radius 1 is 1.37 bits per heavy atom. The van der Waals surface area contributed by atoms with Crippen molar-refractivity contribution < 1.29 is 8.42 Å². The van der Waals surface area contributed by atoms with Crippen LogP contribution in [0.25, 0.3) is 0 Å². The zero-order chi connectivity index (χ0) is 13.9. The minimum absolute atomic E-state index is 0.191.